The third-order valence-electron chi connectivity index (χ3n) is 2.62. The van der Waals surface area contributed by atoms with E-state index < -0.39 is 4.92 Å². The number of anilines is 3. The molecule has 8 heteroatoms. The van der Waals surface area contributed by atoms with Crippen LogP contribution in [0.1, 0.15) is 5.56 Å². The first-order valence-electron chi connectivity index (χ1n) is 5.73. The average molecular weight is 338 g/mol. The number of rotatable bonds is 4. The molecule has 0 aliphatic heterocycles. The Balaban J connectivity index is 2.45. The van der Waals surface area contributed by atoms with Crippen LogP contribution in [0.5, 0.6) is 0 Å². The van der Waals surface area contributed by atoms with E-state index >= 15 is 0 Å². The number of aryl methyl sites for hydroxylation is 1. The number of benzene rings is 1. The molecule has 0 aliphatic carbocycles. The summed E-state index contributed by atoms with van der Waals surface area (Å²) < 4.78 is 0.802. The average Bonchev–Trinajstić information content (AvgIpc) is 2.41. The second-order valence-electron chi connectivity index (χ2n) is 4.03. The molecular formula is C12H12BrN5O2. The molecule has 0 atom stereocenters. The van der Waals surface area contributed by atoms with Crippen molar-refractivity contribution in [2.75, 3.05) is 17.7 Å². The second-order valence-corrected chi connectivity index (χ2v) is 4.89. The van der Waals surface area contributed by atoms with E-state index in [0.29, 0.717) is 5.69 Å². The van der Waals surface area contributed by atoms with Crippen molar-refractivity contribution in [3.8, 4) is 0 Å². The van der Waals surface area contributed by atoms with Crippen molar-refractivity contribution in [3.05, 3.63) is 44.7 Å². The monoisotopic (exact) mass is 337 g/mol. The first-order chi connectivity index (χ1) is 9.52. The van der Waals surface area contributed by atoms with E-state index in [4.69, 9.17) is 0 Å². The summed E-state index contributed by atoms with van der Waals surface area (Å²) in [6.07, 6.45) is 1.27. The molecule has 0 bridgehead atoms. The molecule has 0 saturated carbocycles. The molecule has 2 N–H and O–H groups in total. The minimum Gasteiger partial charge on any atom is -0.367 e. The van der Waals surface area contributed by atoms with E-state index in [0.717, 1.165) is 10.0 Å². The van der Waals surface area contributed by atoms with Gasteiger partial charge in [-0.15, -0.1) is 0 Å². The summed E-state index contributed by atoms with van der Waals surface area (Å²) in [6, 6.07) is 5.64. The van der Waals surface area contributed by atoms with Crippen molar-refractivity contribution in [2.24, 2.45) is 0 Å². The fourth-order valence-electron chi connectivity index (χ4n) is 1.68. The van der Waals surface area contributed by atoms with E-state index in [2.05, 4.69) is 36.5 Å². The summed E-state index contributed by atoms with van der Waals surface area (Å²) in [6.45, 7) is 1.96. The van der Waals surface area contributed by atoms with Crippen LogP contribution < -0.4 is 10.6 Å². The molecular weight excluding hydrogens is 326 g/mol. The Morgan fingerprint density at radius 1 is 1.30 bits per heavy atom. The van der Waals surface area contributed by atoms with Gasteiger partial charge in [0.1, 0.15) is 6.33 Å². The molecule has 0 radical (unpaired) electrons. The minimum absolute atomic E-state index is 0.138. The van der Waals surface area contributed by atoms with E-state index in [9.17, 15) is 10.1 Å². The predicted molar refractivity (Wildman–Crippen MR) is 80.4 cm³/mol. The molecule has 0 saturated heterocycles. The minimum atomic E-state index is -0.518. The molecule has 0 fully saturated rings. The Labute approximate surface area is 123 Å². The van der Waals surface area contributed by atoms with Gasteiger partial charge in [0, 0.05) is 11.5 Å². The normalized spacial score (nSPS) is 10.2. The number of nitro groups is 1. The summed E-state index contributed by atoms with van der Waals surface area (Å²) >= 11 is 3.41. The summed E-state index contributed by atoms with van der Waals surface area (Å²) in [5.41, 5.74) is 1.58. The van der Waals surface area contributed by atoms with Crippen molar-refractivity contribution < 1.29 is 4.92 Å². The lowest BCUT2D eigenvalue weighted by Gasteiger charge is -2.10. The largest absolute Gasteiger partial charge is 0.367 e. The summed E-state index contributed by atoms with van der Waals surface area (Å²) in [5, 5.41) is 16.8. The zero-order valence-corrected chi connectivity index (χ0v) is 12.4. The predicted octanol–water partition coefficient (Wildman–Crippen LogP) is 3.24. The maximum atomic E-state index is 11.2. The van der Waals surface area contributed by atoms with Gasteiger partial charge in [-0.25, -0.2) is 9.97 Å². The molecule has 0 amide bonds. The van der Waals surface area contributed by atoms with Gasteiger partial charge in [-0.3, -0.25) is 10.1 Å². The van der Waals surface area contributed by atoms with Gasteiger partial charge in [-0.05, 0) is 40.5 Å². The van der Waals surface area contributed by atoms with Crippen LogP contribution in [0, 0.1) is 17.0 Å². The lowest BCUT2D eigenvalue weighted by atomic mass is 10.2. The number of nitrogens with zero attached hydrogens (tertiary/aromatic N) is 3. The van der Waals surface area contributed by atoms with E-state index in [1.165, 1.54) is 6.33 Å². The Morgan fingerprint density at radius 3 is 2.60 bits per heavy atom. The van der Waals surface area contributed by atoms with Crippen LogP contribution in [0.4, 0.5) is 23.0 Å². The van der Waals surface area contributed by atoms with Crippen LogP contribution in [0.25, 0.3) is 0 Å². The van der Waals surface area contributed by atoms with Crippen molar-refractivity contribution in [1.82, 2.24) is 9.97 Å². The third kappa shape index (κ3) is 2.85. The zero-order valence-electron chi connectivity index (χ0n) is 10.8. The highest BCUT2D eigenvalue weighted by Gasteiger charge is 2.22. The van der Waals surface area contributed by atoms with Gasteiger partial charge in [0.25, 0.3) is 0 Å². The van der Waals surface area contributed by atoms with E-state index in [1.807, 2.05) is 25.1 Å². The quantitative estimate of drug-likeness (QED) is 0.657. The van der Waals surface area contributed by atoms with Crippen LogP contribution in [0.3, 0.4) is 0 Å². The summed E-state index contributed by atoms with van der Waals surface area (Å²) in [5.74, 6) is 0.301. The molecule has 1 heterocycles. The van der Waals surface area contributed by atoms with Gasteiger partial charge in [-0.2, -0.15) is 0 Å². The highest BCUT2D eigenvalue weighted by Crippen LogP contribution is 2.33. The molecule has 104 valence electrons. The first kappa shape index (κ1) is 14.2. The SMILES string of the molecule is CNc1ncnc(Nc2ccc(C)cc2Br)c1[N+](=O)[O-]. The fraction of sp³-hybridized carbons (Fsp3) is 0.167. The molecule has 20 heavy (non-hydrogen) atoms. The van der Waals surface area contributed by atoms with Crippen molar-refractivity contribution in [1.29, 1.82) is 0 Å². The lowest BCUT2D eigenvalue weighted by Crippen LogP contribution is -2.05. The molecule has 7 nitrogen and oxygen atoms in total. The number of hydrogen-bond donors (Lipinski definition) is 2. The molecule has 1 aromatic carbocycles. The lowest BCUT2D eigenvalue weighted by molar-refractivity contribution is -0.383. The van der Waals surface area contributed by atoms with Crippen LogP contribution in [0.15, 0.2) is 29.0 Å². The Morgan fingerprint density at radius 2 is 2.00 bits per heavy atom. The van der Waals surface area contributed by atoms with Crippen LogP contribution >= 0.6 is 15.9 Å². The molecule has 2 aromatic rings. The summed E-state index contributed by atoms with van der Waals surface area (Å²) in [4.78, 5) is 18.4. The smallest absolute Gasteiger partial charge is 0.353 e. The zero-order chi connectivity index (χ0) is 14.7. The maximum absolute atomic E-state index is 11.2. The molecule has 0 aliphatic rings. The standard InChI is InChI=1S/C12H12BrN5O2/c1-7-3-4-9(8(13)5-7)17-12-10(18(19)20)11(14-2)15-6-16-12/h3-6H,1-2H3,(H2,14,15,16,17). The molecule has 1 aromatic heterocycles. The number of halogens is 1. The third-order valence-corrected chi connectivity index (χ3v) is 3.28. The molecule has 0 spiro atoms. The summed E-state index contributed by atoms with van der Waals surface area (Å²) in [7, 11) is 1.57. The Hall–Kier alpha value is -2.22. The van der Waals surface area contributed by atoms with E-state index in [-0.39, 0.29) is 17.3 Å². The van der Waals surface area contributed by atoms with Gasteiger partial charge in [0.2, 0.25) is 11.6 Å². The Bertz CT molecular complexity index is 662. The number of hydrogen-bond acceptors (Lipinski definition) is 6. The van der Waals surface area contributed by atoms with Gasteiger partial charge in [0.15, 0.2) is 0 Å². The van der Waals surface area contributed by atoms with Crippen LogP contribution in [-0.4, -0.2) is 21.9 Å². The highest BCUT2D eigenvalue weighted by atomic mass is 79.9. The van der Waals surface area contributed by atoms with Gasteiger partial charge in [-0.1, -0.05) is 6.07 Å². The molecule has 0 unspecified atom stereocenters. The van der Waals surface area contributed by atoms with Gasteiger partial charge in [0.05, 0.1) is 10.6 Å². The van der Waals surface area contributed by atoms with Crippen LogP contribution in [0.2, 0.25) is 0 Å². The highest BCUT2D eigenvalue weighted by molar-refractivity contribution is 9.10. The van der Waals surface area contributed by atoms with Crippen LogP contribution in [-0.2, 0) is 0 Å². The topological polar surface area (TPSA) is 93.0 Å². The van der Waals surface area contributed by atoms with Crippen molar-refractivity contribution >= 4 is 38.9 Å². The second kappa shape index (κ2) is 5.83. The van der Waals surface area contributed by atoms with E-state index in [1.54, 1.807) is 7.05 Å². The maximum Gasteiger partial charge on any atom is 0.353 e. The number of aromatic nitrogens is 2. The first-order valence-corrected chi connectivity index (χ1v) is 6.52. The van der Waals surface area contributed by atoms with Crippen molar-refractivity contribution in [3.63, 3.8) is 0 Å². The van der Waals surface area contributed by atoms with Crippen molar-refractivity contribution in [2.45, 2.75) is 6.92 Å². The fourth-order valence-corrected chi connectivity index (χ4v) is 2.27. The Kier molecular flexibility index (Phi) is 4.14. The molecule has 2 rings (SSSR count). The number of nitrogens with one attached hydrogen (secondary N) is 2. The van der Waals surface area contributed by atoms with Gasteiger partial charge < -0.3 is 10.6 Å². The van der Waals surface area contributed by atoms with Gasteiger partial charge >= 0.3 is 5.69 Å².